The molecular weight excluding hydrogens is 343 g/mol. The number of carbonyl (C=O) groups excluding carboxylic acids is 1. The van der Waals surface area contributed by atoms with Gasteiger partial charge in [-0.2, -0.15) is 0 Å². The Labute approximate surface area is 120 Å². The Balaban J connectivity index is 2.05. The third-order valence-corrected chi connectivity index (χ3v) is 4.41. The van der Waals surface area contributed by atoms with Crippen molar-refractivity contribution < 1.29 is 9.90 Å². The Morgan fingerprint density at radius 2 is 2.00 bits per heavy atom. The number of hydrogen-bond donors (Lipinski definition) is 2. The zero-order valence-electron chi connectivity index (χ0n) is 9.95. The number of hydrogen-bond acceptors (Lipinski definition) is 3. The maximum absolute atomic E-state index is 12.2. The minimum Gasteiger partial charge on any atom is -0.364 e. The summed E-state index contributed by atoms with van der Waals surface area (Å²) in [6.07, 6.45) is 3.25. The number of nitrogens with zero attached hydrogens (tertiary/aromatic N) is 1. The SMILES string of the molecule is O=C1Nc2ccc(I)cc2[C@]1(O)N1CCCCC1. The predicted octanol–water partition coefficient (Wildman–Crippen LogP) is 1.87. The van der Waals surface area contributed by atoms with Crippen LogP contribution in [0.2, 0.25) is 0 Å². The van der Waals surface area contributed by atoms with E-state index in [1.54, 1.807) is 0 Å². The molecule has 18 heavy (non-hydrogen) atoms. The van der Waals surface area contributed by atoms with Gasteiger partial charge in [-0.3, -0.25) is 9.69 Å². The maximum atomic E-state index is 12.2. The first-order chi connectivity index (χ1) is 8.62. The van der Waals surface area contributed by atoms with Gasteiger partial charge in [0.25, 0.3) is 5.91 Å². The monoisotopic (exact) mass is 358 g/mol. The van der Waals surface area contributed by atoms with Crippen molar-refractivity contribution in [2.75, 3.05) is 18.4 Å². The normalized spacial score (nSPS) is 28.0. The van der Waals surface area contributed by atoms with Crippen molar-refractivity contribution in [1.82, 2.24) is 4.90 Å². The van der Waals surface area contributed by atoms with Crippen LogP contribution < -0.4 is 5.32 Å². The number of carbonyl (C=O) groups is 1. The largest absolute Gasteiger partial charge is 0.364 e. The first kappa shape index (κ1) is 12.4. The van der Waals surface area contributed by atoms with Crippen molar-refractivity contribution in [2.24, 2.45) is 0 Å². The Bertz CT molecular complexity index is 500. The quantitative estimate of drug-likeness (QED) is 0.754. The van der Waals surface area contributed by atoms with Crippen molar-refractivity contribution in [3.8, 4) is 0 Å². The van der Waals surface area contributed by atoms with Crippen molar-refractivity contribution in [1.29, 1.82) is 0 Å². The van der Waals surface area contributed by atoms with Gasteiger partial charge in [-0.1, -0.05) is 6.42 Å². The van der Waals surface area contributed by atoms with Gasteiger partial charge in [0.1, 0.15) is 0 Å². The zero-order valence-corrected chi connectivity index (χ0v) is 12.1. The smallest absolute Gasteiger partial charge is 0.276 e. The molecule has 0 saturated carbocycles. The Morgan fingerprint density at radius 3 is 2.72 bits per heavy atom. The predicted molar refractivity (Wildman–Crippen MR) is 77.1 cm³/mol. The number of rotatable bonds is 1. The van der Waals surface area contributed by atoms with Gasteiger partial charge in [-0.25, -0.2) is 0 Å². The number of nitrogens with one attached hydrogen (secondary N) is 1. The number of piperidine rings is 1. The van der Waals surface area contributed by atoms with Crippen molar-refractivity contribution >= 4 is 34.2 Å². The van der Waals surface area contributed by atoms with Crippen LogP contribution in [-0.4, -0.2) is 29.0 Å². The second-order valence-corrected chi connectivity index (χ2v) is 6.11. The number of anilines is 1. The topological polar surface area (TPSA) is 52.6 Å². The van der Waals surface area contributed by atoms with E-state index in [1.807, 2.05) is 23.1 Å². The van der Waals surface area contributed by atoms with Crippen LogP contribution in [0.3, 0.4) is 0 Å². The molecular formula is C13H15IN2O2. The van der Waals surface area contributed by atoms with E-state index in [-0.39, 0.29) is 5.91 Å². The van der Waals surface area contributed by atoms with Crippen LogP contribution in [0.15, 0.2) is 18.2 Å². The minimum atomic E-state index is -1.48. The Kier molecular flexibility index (Phi) is 3.07. The molecule has 96 valence electrons. The number of aliphatic hydroxyl groups is 1. The summed E-state index contributed by atoms with van der Waals surface area (Å²) in [7, 11) is 0. The Morgan fingerprint density at radius 1 is 1.28 bits per heavy atom. The third kappa shape index (κ3) is 1.76. The summed E-state index contributed by atoms with van der Waals surface area (Å²) < 4.78 is 1.03. The van der Waals surface area contributed by atoms with E-state index in [2.05, 4.69) is 27.9 Å². The molecule has 5 heteroatoms. The van der Waals surface area contributed by atoms with Gasteiger partial charge < -0.3 is 10.4 Å². The van der Waals surface area contributed by atoms with Gasteiger partial charge >= 0.3 is 0 Å². The minimum absolute atomic E-state index is 0.318. The van der Waals surface area contributed by atoms with Crippen LogP contribution in [0.5, 0.6) is 0 Å². The molecule has 1 atom stereocenters. The van der Waals surface area contributed by atoms with Crippen LogP contribution in [0, 0.1) is 3.57 Å². The van der Waals surface area contributed by atoms with Gasteiger partial charge in [0.15, 0.2) is 0 Å². The third-order valence-electron chi connectivity index (χ3n) is 3.74. The summed E-state index contributed by atoms with van der Waals surface area (Å²) in [5.41, 5.74) is -0.0495. The van der Waals surface area contributed by atoms with Crippen LogP contribution in [0.1, 0.15) is 24.8 Å². The van der Waals surface area contributed by atoms with E-state index >= 15 is 0 Å². The average molecular weight is 358 g/mol. The van der Waals surface area contributed by atoms with Crippen LogP contribution in [0.25, 0.3) is 0 Å². The lowest BCUT2D eigenvalue weighted by Gasteiger charge is -2.37. The fourth-order valence-corrected chi connectivity index (χ4v) is 3.27. The van der Waals surface area contributed by atoms with Crippen LogP contribution >= 0.6 is 22.6 Å². The molecule has 0 radical (unpaired) electrons. The fraction of sp³-hybridized carbons (Fsp3) is 0.462. The molecule has 0 aliphatic carbocycles. The lowest BCUT2D eigenvalue weighted by Crippen LogP contribution is -2.52. The molecule has 1 saturated heterocycles. The molecule has 1 aromatic rings. The van der Waals surface area contributed by atoms with E-state index < -0.39 is 5.72 Å². The average Bonchev–Trinajstić information content (AvgIpc) is 2.64. The van der Waals surface area contributed by atoms with E-state index in [1.165, 1.54) is 6.42 Å². The first-order valence-corrected chi connectivity index (χ1v) is 7.29. The molecule has 1 aromatic carbocycles. The van der Waals surface area contributed by atoms with E-state index in [4.69, 9.17) is 0 Å². The van der Waals surface area contributed by atoms with Crippen molar-refractivity contribution in [3.63, 3.8) is 0 Å². The van der Waals surface area contributed by atoms with Gasteiger partial charge in [0.2, 0.25) is 5.72 Å². The van der Waals surface area contributed by atoms with E-state index in [9.17, 15) is 9.90 Å². The summed E-state index contributed by atoms with van der Waals surface area (Å²) in [5.74, 6) is -0.318. The molecule has 0 aromatic heterocycles. The van der Waals surface area contributed by atoms with E-state index in [0.717, 1.165) is 35.2 Å². The van der Waals surface area contributed by atoms with Gasteiger partial charge in [0, 0.05) is 27.9 Å². The summed E-state index contributed by atoms with van der Waals surface area (Å²) in [4.78, 5) is 14.1. The lowest BCUT2D eigenvalue weighted by molar-refractivity contribution is -0.161. The molecule has 1 amide bonds. The summed E-state index contributed by atoms with van der Waals surface area (Å²) in [6.45, 7) is 1.55. The second kappa shape index (κ2) is 4.47. The molecule has 1 fully saturated rings. The lowest BCUT2D eigenvalue weighted by atomic mass is 9.99. The standard InChI is InChI=1S/C13H15IN2O2/c14-9-4-5-11-10(8-9)13(18,12(17)15-11)16-6-2-1-3-7-16/h4-5,8,18H,1-3,6-7H2,(H,15,17)/t13-/m1/s1. The number of benzene rings is 1. The van der Waals surface area contributed by atoms with Gasteiger partial charge in [-0.15, -0.1) is 0 Å². The number of halogens is 1. The molecule has 2 aliphatic heterocycles. The molecule has 2 heterocycles. The molecule has 4 nitrogen and oxygen atoms in total. The highest BCUT2D eigenvalue weighted by Crippen LogP contribution is 2.40. The van der Waals surface area contributed by atoms with Crippen molar-refractivity contribution in [3.05, 3.63) is 27.3 Å². The first-order valence-electron chi connectivity index (χ1n) is 6.21. The molecule has 2 aliphatic rings. The molecule has 2 N–H and O–H groups in total. The molecule has 0 unspecified atom stereocenters. The summed E-state index contributed by atoms with van der Waals surface area (Å²) in [6, 6.07) is 5.68. The highest BCUT2D eigenvalue weighted by molar-refractivity contribution is 14.1. The molecule has 3 rings (SSSR count). The van der Waals surface area contributed by atoms with Gasteiger partial charge in [-0.05, 0) is 53.6 Å². The van der Waals surface area contributed by atoms with E-state index in [0.29, 0.717) is 5.56 Å². The van der Waals surface area contributed by atoms with Crippen LogP contribution in [-0.2, 0) is 10.5 Å². The van der Waals surface area contributed by atoms with Crippen LogP contribution in [0.4, 0.5) is 5.69 Å². The van der Waals surface area contributed by atoms with Crippen molar-refractivity contribution in [2.45, 2.75) is 25.0 Å². The molecule has 0 bridgehead atoms. The van der Waals surface area contributed by atoms with Gasteiger partial charge in [0.05, 0.1) is 0 Å². The zero-order chi connectivity index (χ0) is 12.8. The highest BCUT2D eigenvalue weighted by Gasteiger charge is 2.50. The highest BCUT2D eigenvalue weighted by atomic mass is 127. The second-order valence-electron chi connectivity index (χ2n) is 4.86. The molecule has 0 spiro atoms. The maximum Gasteiger partial charge on any atom is 0.276 e. The summed E-state index contributed by atoms with van der Waals surface area (Å²) in [5, 5.41) is 13.7. The number of likely N-dealkylation sites (tertiary alicyclic amines) is 1. The Hall–Kier alpha value is -0.660. The number of amides is 1. The number of fused-ring (bicyclic) bond motifs is 1. The summed E-state index contributed by atoms with van der Waals surface area (Å²) >= 11 is 2.20. The fourth-order valence-electron chi connectivity index (χ4n) is 2.78.